The maximum absolute atomic E-state index is 5.06. The average molecular weight is 564 g/mol. The highest BCUT2D eigenvalue weighted by atomic mass is 32.2. The van der Waals surface area contributed by atoms with Crippen LogP contribution in [-0.4, -0.2) is 15.0 Å². The summed E-state index contributed by atoms with van der Waals surface area (Å²) >= 11 is 3.64. The molecule has 0 amide bonds. The summed E-state index contributed by atoms with van der Waals surface area (Å²) in [6.07, 6.45) is 0. The van der Waals surface area contributed by atoms with Crippen LogP contribution in [0.4, 0.5) is 0 Å². The van der Waals surface area contributed by atoms with Crippen molar-refractivity contribution >= 4 is 43.3 Å². The van der Waals surface area contributed by atoms with E-state index >= 15 is 0 Å². The lowest BCUT2D eigenvalue weighted by Crippen LogP contribution is -2.23. The maximum Gasteiger partial charge on any atom is 0.164 e. The Kier molecular flexibility index (Phi) is 5.59. The van der Waals surface area contributed by atoms with Crippen molar-refractivity contribution in [2.45, 2.75) is 29.1 Å². The van der Waals surface area contributed by atoms with E-state index in [1.165, 1.54) is 41.1 Å². The summed E-state index contributed by atoms with van der Waals surface area (Å²) in [5.41, 5.74) is 5.59. The number of benzene rings is 5. The minimum absolute atomic E-state index is 0.0746. The third kappa shape index (κ3) is 4.07. The van der Waals surface area contributed by atoms with Gasteiger partial charge in [0.2, 0.25) is 0 Å². The summed E-state index contributed by atoms with van der Waals surface area (Å²) in [6.45, 7) is 4.62. The van der Waals surface area contributed by atoms with Crippen LogP contribution < -0.4 is 0 Å². The van der Waals surface area contributed by atoms with Crippen LogP contribution in [0.25, 0.3) is 54.3 Å². The van der Waals surface area contributed by atoms with Crippen LogP contribution in [0, 0.1) is 0 Å². The Morgan fingerprint density at radius 2 is 1.10 bits per heavy atom. The molecule has 0 bridgehead atoms. The monoisotopic (exact) mass is 563 g/mol. The zero-order valence-corrected chi connectivity index (χ0v) is 24.3. The third-order valence-corrected chi connectivity index (χ3v) is 10.3. The molecule has 0 fully saturated rings. The lowest BCUT2D eigenvalue weighted by Gasteiger charge is -2.34. The lowest BCUT2D eigenvalue weighted by atomic mass is 9.77. The van der Waals surface area contributed by atoms with E-state index in [-0.39, 0.29) is 5.41 Å². The van der Waals surface area contributed by atoms with Gasteiger partial charge in [-0.1, -0.05) is 117 Å². The van der Waals surface area contributed by atoms with Gasteiger partial charge in [-0.25, -0.2) is 15.0 Å². The van der Waals surface area contributed by atoms with Gasteiger partial charge in [0.1, 0.15) is 0 Å². The minimum Gasteiger partial charge on any atom is -0.208 e. The molecule has 3 heterocycles. The Morgan fingerprint density at radius 3 is 1.93 bits per heavy atom. The molecule has 0 unspecified atom stereocenters. The zero-order chi connectivity index (χ0) is 27.6. The van der Waals surface area contributed by atoms with Crippen LogP contribution in [0.3, 0.4) is 0 Å². The summed E-state index contributed by atoms with van der Waals surface area (Å²) in [6, 6.07) is 40.7. The van der Waals surface area contributed by atoms with Gasteiger partial charge in [0.05, 0.1) is 0 Å². The molecule has 0 atom stereocenters. The number of rotatable bonds is 3. The molecule has 0 radical (unpaired) electrons. The molecular weight excluding hydrogens is 539 g/mol. The zero-order valence-electron chi connectivity index (χ0n) is 22.6. The first-order valence-corrected chi connectivity index (χ1v) is 15.3. The van der Waals surface area contributed by atoms with Crippen molar-refractivity contribution in [3.8, 4) is 34.2 Å². The fourth-order valence-electron chi connectivity index (χ4n) is 5.81. The Labute approximate surface area is 247 Å². The van der Waals surface area contributed by atoms with Crippen LogP contribution in [0.2, 0.25) is 0 Å². The predicted molar refractivity (Wildman–Crippen MR) is 172 cm³/mol. The van der Waals surface area contributed by atoms with Gasteiger partial charge in [0, 0.05) is 52.1 Å². The molecule has 3 nitrogen and oxygen atoms in total. The molecule has 7 aromatic rings. The predicted octanol–water partition coefficient (Wildman–Crippen LogP) is 10.0. The topological polar surface area (TPSA) is 38.7 Å². The molecule has 5 heteroatoms. The molecule has 0 N–H and O–H groups in total. The highest BCUT2D eigenvalue weighted by Crippen LogP contribution is 2.49. The van der Waals surface area contributed by atoms with Crippen molar-refractivity contribution in [3.63, 3.8) is 0 Å². The fraction of sp³-hybridized carbons (Fsp3) is 0.0833. The minimum atomic E-state index is -0.0746. The fourth-order valence-corrected chi connectivity index (χ4v) is 8.39. The van der Waals surface area contributed by atoms with E-state index in [1.807, 2.05) is 41.3 Å². The van der Waals surface area contributed by atoms with Crippen molar-refractivity contribution in [1.29, 1.82) is 0 Å². The molecule has 0 saturated heterocycles. The Hall–Kier alpha value is -4.32. The van der Waals surface area contributed by atoms with Crippen molar-refractivity contribution in [3.05, 3.63) is 126 Å². The first kappa shape index (κ1) is 24.5. The van der Waals surface area contributed by atoms with Gasteiger partial charge >= 0.3 is 0 Å². The van der Waals surface area contributed by atoms with E-state index in [0.29, 0.717) is 17.5 Å². The number of hydrogen-bond acceptors (Lipinski definition) is 5. The molecule has 0 spiro atoms. The van der Waals surface area contributed by atoms with E-state index in [1.54, 1.807) is 0 Å². The number of nitrogens with zero attached hydrogens (tertiary/aromatic N) is 3. The van der Waals surface area contributed by atoms with Crippen molar-refractivity contribution in [2.75, 3.05) is 0 Å². The number of fused-ring (bicyclic) bond motifs is 5. The van der Waals surface area contributed by atoms with Crippen LogP contribution in [0.5, 0.6) is 0 Å². The van der Waals surface area contributed by atoms with Gasteiger partial charge in [-0.15, -0.1) is 11.3 Å². The van der Waals surface area contributed by atoms with Crippen molar-refractivity contribution in [2.24, 2.45) is 0 Å². The third-order valence-electron chi connectivity index (χ3n) is 8.00. The largest absolute Gasteiger partial charge is 0.208 e. The molecule has 196 valence electrons. The molecule has 41 heavy (non-hydrogen) atoms. The van der Waals surface area contributed by atoms with Gasteiger partial charge in [0.15, 0.2) is 17.5 Å². The molecule has 5 aromatic carbocycles. The van der Waals surface area contributed by atoms with Crippen LogP contribution in [-0.2, 0) is 5.41 Å². The summed E-state index contributed by atoms with van der Waals surface area (Å²) < 4.78 is 2.52. The smallest absolute Gasteiger partial charge is 0.164 e. The van der Waals surface area contributed by atoms with E-state index in [4.69, 9.17) is 15.0 Å². The maximum atomic E-state index is 5.06. The van der Waals surface area contributed by atoms with Gasteiger partial charge in [-0.2, -0.15) is 0 Å². The summed E-state index contributed by atoms with van der Waals surface area (Å²) in [5, 5.41) is 2.55. The second kappa shape index (κ2) is 9.37. The quantitative estimate of drug-likeness (QED) is 0.214. The van der Waals surface area contributed by atoms with Crippen LogP contribution in [0.1, 0.15) is 25.0 Å². The molecule has 2 aromatic heterocycles. The Balaban J connectivity index is 1.29. The number of aromatic nitrogens is 3. The molecular formula is C36H25N3S2. The van der Waals surface area contributed by atoms with E-state index < -0.39 is 0 Å². The van der Waals surface area contributed by atoms with E-state index in [2.05, 4.69) is 111 Å². The Bertz CT molecular complexity index is 2110. The molecule has 1 aliphatic rings. The summed E-state index contributed by atoms with van der Waals surface area (Å²) in [4.78, 5) is 17.6. The Morgan fingerprint density at radius 1 is 0.488 bits per heavy atom. The first-order valence-electron chi connectivity index (χ1n) is 13.7. The van der Waals surface area contributed by atoms with Gasteiger partial charge in [0.25, 0.3) is 0 Å². The number of hydrogen-bond donors (Lipinski definition) is 0. The van der Waals surface area contributed by atoms with Gasteiger partial charge in [-0.3, -0.25) is 0 Å². The van der Waals surface area contributed by atoms with E-state index in [0.717, 1.165) is 16.7 Å². The molecule has 1 aliphatic heterocycles. The standard InChI is InChI=1S/C36H25N3S2/c1-36(2)27-13-7-9-15-30(27)41-32-21-24(17-19-28(32)36)35-38-33(22-10-4-3-5-11-22)37-34(39-35)23-16-18-26-25-12-6-8-14-29(25)40-31(26)20-23/h3-21H,1-2H3. The van der Waals surface area contributed by atoms with Crippen LogP contribution in [0.15, 0.2) is 125 Å². The van der Waals surface area contributed by atoms with Crippen molar-refractivity contribution in [1.82, 2.24) is 15.0 Å². The molecule has 0 saturated carbocycles. The lowest BCUT2D eigenvalue weighted by molar-refractivity contribution is 0.607. The van der Waals surface area contributed by atoms with Crippen LogP contribution >= 0.6 is 23.1 Å². The molecule has 8 rings (SSSR count). The SMILES string of the molecule is CC1(C)c2ccccc2Sc2cc(-c3nc(-c4ccccc4)nc(-c4ccc5c(c4)sc4ccccc45)n3)ccc21. The van der Waals surface area contributed by atoms with Crippen molar-refractivity contribution < 1.29 is 0 Å². The summed E-state index contributed by atoms with van der Waals surface area (Å²) in [5.74, 6) is 2.05. The number of thiophene rings is 1. The second-order valence-electron chi connectivity index (χ2n) is 10.9. The van der Waals surface area contributed by atoms with E-state index in [9.17, 15) is 0 Å². The first-order chi connectivity index (χ1) is 20.0. The highest BCUT2D eigenvalue weighted by Gasteiger charge is 2.33. The second-order valence-corrected chi connectivity index (χ2v) is 13.1. The van der Waals surface area contributed by atoms with Gasteiger partial charge in [-0.05, 0) is 35.4 Å². The normalized spacial score (nSPS) is 13.7. The summed E-state index contributed by atoms with van der Waals surface area (Å²) in [7, 11) is 0. The molecule has 0 aliphatic carbocycles. The van der Waals surface area contributed by atoms with Gasteiger partial charge < -0.3 is 0 Å². The average Bonchev–Trinajstić information content (AvgIpc) is 3.39. The highest BCUT2D eigenvalue weighted by molar-refractivity contribution is 7.99.